The zero-order valence-electron chi connectivity index (χ0n) is 17.3. The van der Waals surface area contributed by atoms with Gasteiger partial charge in [0, 0.05) is 25.3 Å². The number of aliphatic imine (C=N–C) groups is 1. The summed E-state index contributed by atoms with van der Waals surface area (Å²) in [6, 6.07) is 15.1. The molecule has 2 aromatic rings. The Bertz CT molecular complexity index is 1080. The van der Waals surface area contributed by atoms with E-state index >= 15 is 0 Å². The number of hydrogen-bond acceptors (Lipinski definition) is 3. The third-order valence-corrected chi connectivity index (χ3v) is 6.65. The summed E-state index contributed by atoms with van der Waals surface area (Å²) in [6.45, 7) is 0. The number of amides is 1. The Morgan fingerprint density at radius 1 is 1.19 bits per heavy atom. The van der Waals surface area contributed by atoms with Crippen molar-refractivity contribution >= 4 is 12.4 Å². The molecule has 0 heterocycles. The molecule has 1 amide bonds. The smallest absolute Gasteiger partial charge is 0.248 e. The molecule has 0 saturated heterocycles. The van der Waals surface area contributed by atoms with E-state index < -0.39 is 17.4 Å². The number of fused-ring (bicyclic) bond motifs is 1. The van der Waals surface area contributed by atoms with E-state index in [2.05, 4.69) is 11.1 Å². The number of carbonyl (C=O) groups excluding carboxylic acids is 1. The normalized spacial score (nSPS) is 21.4. The summed E-state index contributed by atoms with van der Waals surface area (Å²) in [5.41, 5.74) is 10.0. The van der Waals surface area contributed by atoms with Crippen LogP contribution in [-0.2, 0) is 11.2 Å². The van der Waals surface area contributed by atoms with Gasteiger partial charge in [0.1, 0.15) is 0 Å². The SMILES string of the molecule is CN(C=O)/C(N)=N\C1c2cc(-c3cccc(C#N)c3)ccc2CC12CCC(F)(F)CC2. The maximum Gasteiger partial charge on any atom is 0.248 e. The molecule has 160 valence electrons. The van der Waals surface area contributed by atoms with E-state index in [-0.39, 0.29) is 18.8 Å². The molecular weight excluding hydrogens is 398 g/mol. The molecule has 2 aromatic carbocycles. The van der Waals surface area contributed by atoms with Crippen molar-refractivity contribution in [2.75, 3.05) is 7.05 Å². The van der Waals surface area contributed by atoms with Gasteiger partial charge in [-0.3, -0.25) is 9.69 Å². The first-order valence-corrected chi connectivity index (χ1v) is 10.3. The highest BCUT2D eigenvalue weighted by molar-refractivity contribution is 5.87. The van der Waals surface area contributed by atoms with E-state index in [1.54, 1.807) is 6.07 Å². The maximum absolute atomic E-state index is 14.0. The van der Waals surface area contributed by atoms with Crippen molar-refractivity contribution in [3.8, 4) is 17.2 Å². The van der Waals surface area contributed by atoms with Crippen LogP contribution in [0.2, 0.25) is 0 Å². The Hall–Kier alpha value is -3.27. The van der Waals surface area contributed by atoms with Gasteiger partial charge in [-0.25, -0.2) is 13.8 Å². The molecule has 1 unspecified atom stereocenters. The van der Waals surface area contributed by atoms with E-state index in [1.165, 1.54) is 11.9 Å². The maximum atomic E-state index is 14.0. The largest absolute Gasteiger partial charge is 0.369 e. The summed E-state index contributed by atoms with van der Waals surface area (Å²) < 4.78 is 27.9. The van der Waals surface area contributed by atoms with Crippen LogP contribution in [0.25, 0.3) is 11.1 Å². The van der Waals surface area contributed by atoms with E-state index in [4.69, 9.17) is 5.73 Å². The molecule has 2 aliphatic rings. The van der Waals surface area contributed by atoms with Crippen LogP contribution in [0.5, 0.6) is 0 Å². The Balaban J connectivity index is 1.79. The zero-order valence-corrected chi connectivity index (χ0v) is 17.3. The molecule has 1 fully saturated rings. The number of nitriles is 1. The summed E-state index contributed by atoms with van der Waals surface area (Å²) in [4.78, 5) is 17.0. The number of halogens is 2. The fourth-order valence-electron chi connectivity index (χ4n) is 4.81. The van der Waals surface area contributed by atoms with Crippen LogP contribution < -0.4 is 5.73 Å². The highest BCUT2D eigenvalue weighted by Crippen LogP contribution is 2.58. The predicted molar refractivity (Wildman–Crippen MR) is 114 cm³/mol. The number of nitrogens with zero attached hydrogens (tertiary/aromatic N) is 3. The molecule has 7 heteroatoms. The number of hydrogen-bond donors (Lipinski definition) is 1. The monoisotopic (exact) mass is 422 g/mol. The average molecular weight is 422 g/mol. The number of benzene rings is 2. The van der Waals surface area contributed by atoms with E-state index in [9.17, 15) is 18.8 Å². The van der Waals surface area contributed by atoms with Gasteiger partial charge in [0.2, 0.25) is 12.3 Å². The van der Waals surface area contributed by atoms with Crippen LogP contribution in [0, 0.1) is 16.7 Å². The third-order valence-electron chi connectivity index (χ3n) is 6.65. The van der Waals surface area contributed by atoms with Crippen molar-refractivity contribution < 1.29 is 13.6 Å². The molecule has 2 aliphatic carbocycles. The summed E-state index contributed by atoms with van der Waals surface area (Å²) in [5, 5.41) is 9.21. The molecule has 1 spiro atoms. The topological polar surface area (TPSA) is 82.5 Å². The predicted octanol–water partition coefficient (Wildman–Crippen LogP) is 4.42. The van der Waals surface area contributed by atoms with Gasteiger partial charge in [-0.05, 0) is 59.7 Å². The molecule has 5 nitrogen and oxygen atoms in total. The minimum Gasteiger partial charge on any atom is -0.369 e. The molecule has 0 aromatic heterocycles. The molecule has 0 bridgehead atoms. The highest BCUT2D eigenvalue weighted by atomic mass is 19.3. The Kier molecular flexibility index (Phi) is 5.26. The van der Waals surface area contributed by atoms with Crippen LogP contribution in [0.4, 0.5) is 8.78 Å². The Morgan fingerprint density at radius 3 is 2.58 bits per heavy atom. The second-order valence-electron chi connectivity index (χ2n) is 8.61. The van der Waals surface area contributed by atoms with Gasteiger partial charge in [-0.2, -0.15) is 5.26 Å². The molecule has 0 radical (unpaired) electrons. The minimum absolute atomic E-state index is 0.0708. The lowest BCUT2D eigenvalue weighted by molar-refractivity contribution is -0.114. The lowest BCUT2D eigenvalue weighted by Gasteiger charge is -2.40. The van der Waals surface area contributed by atoms with Crippen LogP contribution >= 0.6 is 0 Å². The molecule has 1 saturated carbocycles. The fourth-order valence-corrected chi connectivity index (χ4v) is 4.81. The second-order valence-corrected chi connectivity index (χ2v) is 8.61. The lowest BCUT2D eigenvalue weighted by atomic mass is 9.68. The van der Waals surface area contributed by atoms with Gasteiger partial charge in [0.25, 0.3) is 0 Å². The van der Waals surface area contributed by atoms with Gasteiger partial charge < -0.3 is 5.73 Å². The van der Waals surface area contributed by atoms with Crippen molar-refractivity contribution in [1.29, 1.82) is 5.26 Å². The van der Waals surface area contributed by atoms with Crippen LogP contribution in [0.1, 0.15) is 48.4 Å². The first-order valence-electron chi connectivity index (χ1n) is 10.3. The summed E-state index contributed by atoms with van der Waals surface area (Å²) in [7, 11) is 1.52. The van der Waals surface area contributed by atoms with Crippen molar-refractivity contribution in [1.82, 2.24) is 4.90 Å². The van der Waals surface area contributed by atoms with Gasteiger partial charge in [-0.1, -0.05) is 24.3 Å². The fraction of sp³-hybridized carbons (Fsp3) is 0.375. The molecular formula is C24H24F2N4O. The zero-order chi connectivity index (χ0) is 22.2. The summed E-state index contributed by atoms with van der Waals surface area (Å²) in [5.74, 6) is -2.58. The average Bonchev–Trinajstić information content (AvgIpc) is 3.08. The van der Waals surface area contributed by atoms with Gasteiger partial charge in [0.15, 0.2) is 5.96 Å². The lowest BCUT2D eigenvalue weighted by Crippen LogP contribution is -2.38. The van der Waals surface area contributed by atoms with Crippen LogP contribution in [-0.4, -0.2) is 30.2 Å². The van der Waals surface area contributed by atoms with Gasteiger partial charge in [-0.15, -0.1) is 0 Å². The number of guanidine groups is 1. The van der Waals surface area contributed by atoms with E-state index in [0.29, 0.717) is 31.2 Å². The van der Waals surface area contributed by atoms with E-state index in [0.717, 1.165) is 22.3 Å². The third kappa shape index (κ3) is 3.90. The Morgan fingerprint density at radius 2 is 1.90 bits per heavy atom. The van der Waals surface area contributed by atoms with Gasteiger partial charge in [0.05, 0.1) is 17.7 Å². The number of carbonyl (C=O) groups is 1. The van der Waals surface area contributed by atoms with Crippen molar-refractivity contribution in [3.63, 3.8) is 0 Å². The number of nitrogens with two attached hydrogens (primary N) is 1. The molecule has 0 aliphatic heterocycles. The Labute approximate surface area is 180 Å². The molecule has 31 heavy (non-hydrogen) atoms. The number of rotatable bonds is 3. The first kappa shape index (κ1) is 21.0. The second kappa shape index (κ2) is 7.77. The first-order chi connectivity index (χ1) is 14.8. The quantitative estimate of drug-likeness (QED) is 0.452. The standard InChI is InChI=1S/C24H24F2N4O/c1-30(15-31)22(28)29-21-20-12-18(17-4-2-3-16(11-17)14-27)5-6-19(20)13-23(21)7-9-24(25,26)10-8-23/h2-6,11-12,15,21H,7-10,13H2,1H3,(H2,28,29). The van der Waals surface area contributed by atoms with Crippen LogP contribution in [0.15, 0.2) is 47.5 Å². The molecule has 2 N–H and O–H groups in total. The molecule has 1 atom stereocenters. The van der Waals surface area contributed by atoms with Crippen molar-refractivity contribution in [3.05, 3.63) is 59.2 Å². The highest BCUT2D eigenvalue weighted by Gasteiger charge is 2.52. The summed E-state index contributed by atoms with van der Waals surface area (Å²) >= 11 is 0. The molecule has 4 rings (SSSR count). The van der Waals surface area contributed by atoms with Crippen molar-refractivity contribution in [2.45, 2.75) is 44.1 Å². The number of alkyl halides is 2. The van der Waals surface area contributed by atoms with Gasteiger partial charge >= 0.3 is 0 Å². The van der Waals surface area contributed by atoms with Crippen LogP contribution in [0.3, 0.4) is 0 Å². The summed E-state index contributed by atoms with van der Waals surface area (Å²) in [6.07, 6.45) is 1.59. The van der Waals surface area contributed by atoms with E-state index in [1.807, 2.05) is 36.4 Å². The van der Waals surface area contributed by atoms with Crippen molar-refractivity contribution in [2.24, 2.45) is 16.1 Å². The minimum atomic E-state index is -2.65.